The SMILES string of the molecule is CCCCC(=O)c1c(-c2cc(Cl)cc(Cl)c2O)nn(-c2ccccc2)c1CCCC. The molecule has 2 aromatic carbocycles. The predicted octanol–water partition coefficient (Wildman–Crippen LogP) is 7.27. The molecule has 3 aromatic rings. The lowest BCUT2D eigenvalue weighted by molar-refractivity contribution is 0.0979. The first-order valence-corrected chi connectivity index (χ1v) is 11.1. The van der Waals surface area contributed by atoms with E-state index in [1.54, 1.807) is 6.07 Å². The van der Waals surface area contributed by atoms with Crippen molar-refractivity contribution in [1.82, 2.24) is 9.78 Å². The summed E-state index contributed by atoms with van der Waals surface area (Å²) >= 11 is 12.4. The van der Waals surface area contributed by atoms with Gasteiger partial charge in [0, 0.05) is 17.0 Å². The number of ketones is 1. The molecule has 0 radical (unpaired) electrons. The van der Waals surface area contributed by atoms with Crippen LogP contribution in [0.3, 0.4) is 0 Å². The molecule has 6 heteroatoms. The molecule has 0 fully saturated rings. The van der Waals surface area contributed by atoms with Crippen LogP contribution in [0.1, 0.15) is 62.0 Å². The lowest BCUT2D eigenvalue weighted by Crippen LogP contribution is -2.07. The highest BCUT2D eigenvalue weighted by molar-refractivity contribution is 6.36. The maximum atomic E-state index is 13.3. The fourth-order valence-electron chi connectivity index (χ4n) is 3.50. The Bertz CT molecular complexity index is 1030. The summed E-state index contributed by atoms with van der Waals surface area (Å²) in [7, 11) is 0. The van der Waals surface area contributed by atoms with Gasteiger partial charge in [0.15, 0.2) is 5.78 Å². The highest BCUT2D eigenvalue weighted by Crippen LogP contribution is 2.40. The summed E-state index contributed by atoms with van der Waals surface area (Å²) in [5, 5.41) is 16.0. The Morgan fingerprint density at radius 3 is 2.43 bits per heavy atom. The number of unbranched alkanes of at least 4 members (excludes halogenated alkanes) is 2. The number of rotatable bonds is 9. The van der Waals surface area contributed by atoms with Crippen LogP contribution in [0.2, 0.25) is 10.0 Å². The van der Waals surface area contributed by atoms with E-state index in [4.69, 9.17) is 28.3 Å². The van der Waals surface area contributed by atoms with Gasteiger partial charge in [0.1, 0.15) is 11.4 Å². The first-order chi connectivity index (χ1) is 14.5. The van der Waals surface area contributed by atoms with Gasteiger partial charge < -0.3 is 5.11 Å². The third kappa shape index (κ3) is 4.71. The van der Waals surface area contributed by atoms with Gasteiger partial charge in [-0.25, -0.2) is 4.68 Å². The number of para-hydroxylation sites is 1. The zero-order chi connectivity index (χ0) is 21.7. The lowest BCUT2D eigenvalue weighted by Gasteiger charge is -2.10. The van der Waals surface area contributed by atoms with Gasteiger partial charge in [-0.05, 0) is 43.5 Å². The van der Waals surface area contributed by atoms with Gasteiger partial charge in [-0.15, -0.1) is 0 Å². The van der Waals surface area contributed by atoms with E-state index in [0.29, 0.717) is 34.7 Å². The molecular weight excluding hydrogens is 419 g/mol. The maximum absolute atomic E-state index is 13.3. The molecule has 0 aliphatic carbocycles. The summed E-state index contributed by atoms with van der Waals surface area (Å²) in [6, 6.07) is 12.8. The topological polar surface area (TPSA) is 55.1 Å². The third-order valence-corrected chi connectivity index (χ3v) is 5.57. The van der Waals surface area contributed by atoms with E-state index in [2.05, 4.69) is 13.8 Å². The molecule has 1 N–H and O–H groups in total. The van der Waals surface area contributed by atoms with Crippen LogP contribution >= 0.6 is 23.2 Å². The van der Waals surface area contributed by atoms with E-state index in [1.165, 1.54) is 6.07 Å². The quantitative estimate of drug-likeness (QED) is 0.353. The molecule has 4 nitrogen and oxygen atoms in total. The summed E-state index contributed by atoms with van der Waals surface area (Å²) < 4.78 is 1.82. The molecule has 0 saturated heterocycles. The van der Waals surface area contributed by atoms with Crippen molar-refractivity contribution in [2.45, 2.75) is 52.4 Å². The van der Waals surface area contributed by atoms with Crippen LogP contribution in [0, 0.1) is 0 Å². The minimum atomic E-state index is -0.120. The largest absolute Gasteiger partial charge is 0.506 e. The molecule has 158 valence electrons. The van der Waals surface area contributed by atoms with Crippen LogP contribution in [-0.2, 0) is 6.42 Å². The molecule has 30 heavy (non-hydrogen) atoms. The average Bonchev–Trinajstić information content (AvgIpc) is 3.13. The van der Waals surface area contributed by atoms with Crippen molar-refractivity contribution >= 4 is 29.0 Å². The summed E-state index contributed by atoms with van der Waals surface area (Å²) in [5.41, 5.74) is 3.07. The number of carbonyl (C=O) groups is 1. The number of carbonyl (C=O) groups excluding carboxylic acids is 1. The van der Waals surface area contributed by atoms with Crippen LogP contribution in [0.4, 0.5) is 0 Å². The van der Waals surface area contributed by atoms with Crippen molar-refractivity contribution in [3.8, 4) is 22.7 Å². The second kappa shape index (κ2) is 10.1. The standard InChI is InChI=1S/C24H26Cl2N2O2/c1-3-5-12-20-22(21(29)13-6-4-2)23(18-14-16(25)15-19(26)24(18)30)27-28(20)17-10-8-7-9-11-17/h7-11,14-15,30H,3-6,12-13H2,1-2H3. The second-order valence-corrected chi connectivity index (χ2v) is 8.18. The summed E-state index contributed by atoms with van der Waals surface area (Å²) in [5.74, 6) is -0.0963. The molecule has 3 rings (SSSR count). The monoisotopic (exact) mass is 444 g/mol. The van der Waals surface area contributed by atoms with Crippen LogP contribution in [0.15, 0.2) is 42.5 Å². The van der Waals surface area contributed by atoms with E-state index in [9.17, 15) is 9.90 Å². The molecule has 0 bridgehead atoms. The van der Waals surface area contributed by atoms with Crippen molar-refractivity contribution in [1.29, 1.82) is 0 Å². The fourth-order valence-corrected chi connectivity index (χ4v) is 3.99. The summed E-state index contributed by atoms with van der Waals surface area (Å²) in [6.45, 7) is 4.17. The van der Waals surface area contributed by atoms with Crippen molar-refractivity contribution < 1.29 is 9.90 Å². The molecule has 1 heterocycles. The molecule has 0 aliphatic rings. The van der Waals surface area contributed by atoms with E-state index in [1.807, 2.05) is 35.0 Å². The van der Waals surface area contributed by atoms with E-state index in [-0.39, 0.29) is 16.6 Å². The Hall–Kier alpha value is -2.30. The summed E-state index contributed by atoms with van der Waals surface area (Å²) in [6.07, 6.45) is 4.77. The van der Waals surface area contributed by atoms with E-state index < -0.39 is 0 Å². The van der Waals surface area contributed by atoms with Crippen LogP contribution in [0.5, 0.6) is 5.75 Å². The Labute approximate surface area is 187 Å². The molecule has 0 spiro atoms. The second-order valence-electron chi connectivity index (χ2n) is 7.33. The number of nitrogens with zero attached hydrogens (tertiary/aromatic N) is 2. The highest BCUT2D eigenvalue weighted by Gasteiger charge is 2.27. The molecule has 0 unspecified atom stereocenters. The normalized spacial score (nSPS) is 11.1. The lowest BCUT2D eigenvalue weighted by atomic mass is 9.96. The fraction of sp³-hybridized carbons (Fsp3) is 0.333. The molecule has 0 atom stereocenters. The zero-order valence-electron chi connectivity index (χ0n) is 17.3. The van der Waals surface area contributed by atoms with Crippen LogP contribution in [-0.4, -0.2) is 20.7 Å². The number of Topliss-reactive ketones (excluding diaryl/α,β-unsaturated/α-hetero) is 1. The average molecular weight is 445 g/mol. The number of hydrogen-bond acceptors (Lipinski definition) is 3. The van der Waals surface area contributed by atoms with Gasteiger partial charge in [0.2, 0.25) is 0 Å². The smallest absolute Gasteiger partial charge is 0.166 e. The third-order valence-electron chi connectivity index (χ3n) is 5.07. The van der Waals surface area contributed by atoms with Crippen molar-refractivity contribution in [2.75, 3.05) is 0 Å². The summed E-state index contributed by atoms with van der Waals surface area (Å²) in [4.78, 5) is 13.3. The van der Waals surface area contributed by atoms with Gasteiger partial charge >= 0.3 is 0 Å². The minimum Gasteiger partial charge on any atom is -0.506 e. The van der Waals surface area contributed by atoms with Crippen molar-refractivity contribution in [2.24, 2.45) is 0 Å². The van der Waals surface area contributed by atoms with Crippen molar-refractivity contribution in [3.05, 3.63) is 63.8 Å². The van der Waals surface area contributed by atoms with Crippen molar-refractivity contribution in [3.63, 3.8) is 0 Å². The first-order valence-electron chi connectivity index (χ1n) is 10.4. The van der Waals surface area contributed by atoms with Gasteiger partial charge in [-0.2, -0.15) is 5.10 Å². The predicted molar refractivity (Wildman–Crippen MR) is 123 cm³/mol. The van der Waals surface area contributed by atoms with Gasteiger partial charge in [0.25, 0.3) is 0 Å². The Kier molecular flexibility index (Phi) is 7.57. The van der Waals surface area contributed by atoms with E-state index >= 15 is 0 Å². The number of aromatic nitrogens is 2. The van der Waals surface area contributed by atoms with Gasteiger partial charge in [-0.3, -0.25) is 4.79 Å². The Balaban J connectivity index is 2.30. The number of phenols is 1. The number of aromatic hydroxyl groups is 1. The Morgan fingerprint density at radius 2 is 1.77 bits per heavy atom. The minimum absolute atomic E-state index is 0.0237. The molecule has 1 aromatic heterocycles. The number of hydrogen-bond donors (Lipinski definition) is 1. The number of halogens is 2. The maximum Gasteiger partial charge on any atom is 0.166 e. The first kappa shape index (κ1) is 22.4. The molecule has 0 saturated carbocycles. The molecular formula is C24H26Cl2N2O2. The molecule has 0 amide bonds. The number of benzene rings is 2. The van der Waals surface area contributed by atoms with E-state index in [0.717, 1.165) is 37.1 Å². The number of phenolic OH excluding ortho intramolecular Hbond substituents is 1. The molecule has 0 aliphatic heterocycles. The van der Waals surface area contributed by atoms with Crippen LogP contribution in [0.25, 0.3) is 16.9 Å². The zero-order valence-corrected chi connectivity index (χ0v) is 18.8. The van der Waals surface area contributed by atoms with Crippen LogP contribution < -0.4 is 0 Å². The van der Waals surface area contributed by atoms with Gasteiger partial charge in [0.05, 0.1) is 22.0 Å². The Morgan fingerprint density at radius 1 is 1.07 bits per heavy atom. The van der Waals surface area contributed by atoms with Gasteiger partial charge in [-0.1, -0.05) is 68.1 Å². The highest BCUT2D eigenvalue weighted by atomic mass is 35.5.